The van der Waals surface area contributed by atoms with Gasteiger partial charge in [0.05, 0.1) is 6.54 Å². The van der Waals surface area contributed by atoms with Crippen LogP contribution >= 0.6 is 35.3 Å². The molecule has 0 fully saturated rings. The van der Waals surface area contributed by atoms with Gasteiger partial charge in [0.1, 0.15) is 0 Å². The third kappa shape index (κ3) is 3.58. The predicted octanol–water partition coefficient (Wildman–Crippen LogP) is 2.53. The van der Waals surface area contributed by atoms with Gasteiger partial charge < -0.3 is 10.2 Å². The fourth-order valence-corrected chi connectivity index (χ4v) is 2.63. The van der Waals surface area contributed by atoms with E-state index in [2.05, 4.69) is 53.6 Å². The number of likely N-dealkylation sites (N-methyl/N-ethyl adjacent to an activating group) is 1. The van der Waals surface area contributed by atoms with Crippen LogP contribution in [0.5, 0.6) is 0 Å². The van der Waals surface area contributed by atoms with Gasteiger partial charge >= 0.3 is 0 Å². The summed E-state index contributed by atoms with van der Waals surface area (Å²) >= 11 is 1.82. The van der Waals surface area contributed by atoms with E-state index in [-0.39, 0.29) is 29.4 Å². The Labute approximate surface area is 124 Å². The fourth-order valence-electron chi connectivity index (χ4n) is 1.77. The highest BCUT2D eigenvalue weighted by atomic mass is 127. The van der Waals surface area contributed by atoms with Crippen LogP contribution in [0.4, 0.5) is 0 Å². The summed E-state index contributed by atoms with van der Waals surface area (Å²) in [5.74, 6) is 1.03. The van der Waals surface area contributed by atoms with Gasteiger partial charge in [-0.3, -0.25) is 4.99 Å². The molecule has 0 saturated carbocycles. The monoisotopic (exact) mass is 365 g/mol. The second-order valence-electron chi connectivity index (χ2n) is 4.84. The molecule has 3 nitrogen and oxygen atoms in total. The molecule has 0 unspecified atom stereocenters. The molecular formula is C12H20IN3S. The lowest BCUT2D eigenvalue weighted by molar-refractivity contribution is 0.486. The third-order valence-electron chi connectivity index (χ3n) is 2.94. The molecule has 0 saturated heterocycles. The van der Waals surface area contributed by atoms with Gasteiger partial charge in [-0.2, -0.15) is 0 Å². The first-order valence-corrected chi connectivity index (χ1v) is 6.51. The number of aliphatic imine (C=N–C) groups is 1. The molecular weight excluding hydrogens is 345 g/mol. The Balaban J connectivity index is 0.00000144. The zero-order valence-corrected chi connectivity index (χ0v) is 13.7. The average molecular weight is 365 g/mol. The lowest BCUT2D eigenvalue weighted by Gasteiger charge is -2.26. The second kappa shape index (κ2) is 6.04. The van der Waals surface area contributed by atoms with Gasteiger partial charge in [0.25, 0.3) is 0 Å². The van der Waals surface area contributed by atoms with Crippen LogP contribution in [0.2, 0.25) is 0 Å². The minimum atomic E-state index is 0. The molecule has 2 rings (SSSR count). The molecule has 96 valence electrons. The van der Waals surface area contributed by atoms with Crippen molar-refractivity contribution in [3.63, 3.8) is 0 Å². The first-order valence-electron chi connectivity index (χ1n) is 5.63. The first kappa shape index (κ1) is 14.8. The Morgan fingerprint density at radius 2 is 2.29 bits per heavy atom. The van der Waals surface area contributed by atoms with E-state index in [0.717, 1.165) is 25.6 Å². The molecule has 0 aliphatic carbocycles. The van der Waals surface area contributed by atoms with Crippen molar-refractivity contribution in [2.45, 2.75) is 19.3 Å². The zero-order chi connectivity index (χ0) is 11.6. The minimum absolute atomic E-state index is 0. The molecule has 2 heterocycles. The zero-order valence-electron chi connectivity index (χ0n) is 10.6. The summed E-state index contributed by atoms with van der Waals surface area (Å²) in [4.78, 5) is 8.02. The Hall–Kier alpha value is -0.300. The van der Waals surface area contributed by atoms with Crippen molar-refractivity contribution < 1.29 is 0 Å². The predicted molar refractivity (Wildman–Crippen MR) is 85.7 cm³/mol. The Morgan fingerprint density at radius 3 is 2.82 bits per heavy atom. The number of guanidine groups is 1. The Kier molecular flexibility index (Phi) is 5.24. The van der Waals surface area contributed by atoms with Crippen molar-refractivity contribution in [2.24, 2.45) is 4.99 Å². The van der Waals surface area contributed by atoms with Crippen LogP contribution in [-0.2, 0) is 5.41 Å². The number of hydrogen-bond donors (Lipinski definition) is 1. The van der Waals surface area contributed by atoms with Gasteiger partial charge in [-0.15, -0.1) is 35.3 Å². The quantitative estimate of drug-likeness (QED) is 0.834. The second-order valence-corrected chi connectivity index (χ2v) is 5.79. The smallest absolute Gasteiger partial charge is 0.193 e. The van der Waals surface area contributed by atoms with Gasteiger partial charge in [0.2, 0.25) is 0 Å². The Morgan fingerprint density at radius 1 is 1.53 bits per heavy atom. The van der Waals surface area contributed by atoms with E-state index >= 15 is 0 Å². The van der Waals surface area contributed by atoms with E-state index in [1.54, 1.807) is 0 Å². The van der Waals surface area contributed by atoms with Crippen LogP contribution in [0.1, 0.15) is 18.7 Å². The van der Waals surface area contributed by atoms with Crippen LogP contribution in [0.15, 0.2) is 22.5 Å². The van der Waals surface area contributed by atoms with Gasteiger partial charge in [0, 0.05) is 30.4 Å². The number of thiophene rings is 1. The molecule has 0 radical (unpaired) electrons. The number of hydrogen-bond acceptors (Lipinski definition) is 4. The summed E-state index contributed by atoms with van der Waals surface area (Å²) in [6.07, 6.45) is 0. The van der Waals surface area contributed by atoms with Crippen LogP contribution in [0, 0.1) is 0 Å². The fraction of sp³-hybridized carbons (Fsp3) is 0.583. The summed E-state index contributed by atoms with van der Waals surface area (Å²) in [6, 6.07) is 4.31. The molecule has 0 aromatic carbocycles. The summed E-state index contributed by atoms with van der Waals surface area (Å²) in [5, 5.41) is 5.58. The standard InChI is InChI=1S/C12H19N3S.HI/c1-12(2,10-5-4-8-16-10)9-14-11-13-6-7-15(11)3;/h4-5,8H,6-7,9H2,1-3H3,(H,13,14);1H. The molecule has 0 spiro atoms. The van der Waals surface area contributed by atoms with Crippen LogP contribution in [0.25, 0.3) is 0 Å². The van der Waals surface area contributed by atoms with E-state index in [1.807, 2.05) is 11.3 Å². The summed E-state index contributed by atoms with van der Waals surface area (Å²) in [5.41, 5.74) is 0.167. The Bertz CT molecular complexity index is 373. The maximum atomic E-state index is 4.44. The number of nitrogens with one attached hydrogen (secondary N) is 1. The molecule has 17 heavy (non-hydrogen) atoms. The number of rotatable bonds is 3. The van der Waals surface area contributed by atoms with Crippen LogP contribution < -0.4 is 5.32 Å². The third-order valence-corrected chi connectivity index (χ3v) is 4.17. The largest absolute Gasteiger partial charge is 0.355 e. The van der Waals surface area contributed by atoms with Gasteiger partial charge in [-0.05, 0) is 11.4 Å². The highest BCUT2D eigenvalue weighted by Crippen LogP contribution is 2.26. The molecule has 5 heteroatoms. The van der Waals surface area contributed by atoms with Gasteiger partial charge in [0.15, 0.2) is 5.96 Å². The molecule has 1 aromatic rings. The lowest BCUT2D eigenvalue weighted by Crippen LogP contribution is -2.41. The molecule has 1 aromatic heterocycles. The summed E-state index contributed by atoms with van der Waals surface area (Å²) < 4.78 is 0. The highest BCUT2D eigenvalue weighted by Gasteiger charge is 2.23. The number of halogens is 1. The van der Waals surface area contributed by atoms with Gasteiger partial charge in [-0.25, -0.2) is 0 Å². The molecule has 1 N–H and O–H groups in total. The maximum absolute atomic E-state index is 4.44. The van der Waals surface area contributed by atoms with Crippen molar-refractivity contribution in [1.29, 1.82) is 0 Å². The normalized spacial score (nSPS) is 15.5. The average Bonchev–Trinajstić information content (AvgIpc) is 2.85. The summed E-state index contributed by atoms with van der Waals surface area (Å²) in [6.45, 7) is 7.40. The van der Waals surface area contributed by atoms with Crippen molar-refractivity contribution in [1.82, 2.24) is 10.2 Å². The summed E-state index contributed by atoms with van der Waals surface area (Å²) in [7, 11) is 2.08. The highest BCUT2D eigenvalue weighted by molar-refractivity contribution is 14.0. The van der Waals surface area contributed by atoms with E-state index in [0.29, 0.717) is 0 Å². The van der Waals surface area contributed by atoms with Gasteiger partial charge in [-0.1, -0.05) is 19.9 Å². The lowest BCUT2D eigenvalue weighted by atomic mass is 9.91. The topological polar surface area (TPSA) is 27.6 Å². The van der Waals surface area contributed by atoms with Crippen LogP contribution in [-0.4, -0.2) is 37.5 Å². The molecule has 1 aliphatic rings. The molecule has 0 bridgehead atoms. The van der Waals surface area contributed by atoms with Crippen molar-refractivity contribution in [2.75, 3.05) is 26.7 Å². The SMILES string of the molecule is CN1CCN=C1NCC(C)(C)c1cccs1.I. The first-order chi connectivity index (χ1) is 7.59. The van der Waals surface area contributed by atoms with E-state index in [9.17, 15) is 0 Å². The minimum Gasteiger partial charge on any atom is -0.355 e. The molecule has 0 atom stereocenters. The van der Waals surface area contributed by atoms with Crippen LogP contribution in [0.3, 0.4) is 0 Å². The maximum Gasteiger partial charge on any atom is 0.193 e. The van der Waals surface area contributed by atoms with E-state index in [4.69, 9.17) is 0 Å². The van der Waals surface area contributed by atoms with E-state index < -0.39 is 0 Å². The number of nitrogens with zero attached hydrogens (tertiary/aromatic N) is 2. The molecule has 0 amide bonds. The molecule has 1 aliphatic heterocycles. The van der Waals surface area contributed by atoms with Crippen molar-refractivity contribution in [3.8, 4) is 0 Å². The van der Waals surface area contributed by atoms with Crippen molar-refractivity contribution in [3.05, 3.63) is 22.4 Å². The van der Waals surface area contributed by atoms with Crippen molar-refractivity contribution >= 4 is 41.3 Å². The van der Waals surface area contributed by atoms with E-state index in [1.165, 1.54) is 4.88 Å².